The Morgan fingerprint density at radius 3 is 2.74 bits per heavy atom. The second-order valence-electron chi connectivity index (χ2n) is 4.59. The van der Waals surface area contributed by atoms with E-state index in [0.29, 0.717) is 28.0 Å². The van der Waals surface area contributed by atoms with Crippen LogP contribution in [0.2, 0.25) is 0 Å². The molecule has 6 nitrogen and oxygen atoms in total. The van der Waals surface area contributed by atoms with Gasteiger partial charge in [-0.1, -0.05) is 0 Å². The maximum atomic E-state index is 12.0. The summed E-state index contributed by atoms with van der Waals surface area (Å²) < 4.78 is 28.9. The van der Waals surface area contributed by atoms with Crippen LogP contribution >= 0.6 is 15.9 Å². The van der Waals surface area contributed by atoms with Crippen molar-refractivity contribution in [2.45, 2.75) is 20.1 Å². The van der Waals surface area contributed by atoms with E-state index in [2.05, 4.69) is 31.0 Å². The molecule has 0 amide bonds. The van der Waals surface area contributed by atoms with Crippen LogP contribution < -0.4 is 10.1 Å². The topological polar surface area (TPSA) is 77.3 Å². The van der Waals surface area contributed by atoms with Crippen LogP contribution in [0, 0.1) is 17.0 Å². The van der Waals surface area contributed by atoms with Crippen molar-refractivity contribution >= 4 is 27.3 Å². The fraction of sp³-hybridized carbons (Fsp3) is 0.214. The lowest BCUT2D eigenvalue weighted by molar-refractivity contribution is -0.385. The van der Waals surface area contributed by atoms with Gasteiger partial charge in [0, 0.05) is 21.8 Å². The van der Waals surface area contributed by atoms with Crippen LogP contribution in [-0.2, 0) is 6.54 Å². The summed E-state index contributed by atoms with van der Waals surface area (Å²) in [6.07, 6.45) is 1.21. The number of pyridine rings is 1. The summed E-state index contributed by atoms with van der Waals surface area (Å²) in [7, 11) is 0. The Balaban J connectivity index is 2.06. The third kappa shape index (κ3) is 4.59. The molecular weight excluding hydrogens is 376 g/mol. The lowest BCUT2D eigenvalue weighted by atomic mass is 10.2. The van der Waals surface area contributed by atoms with Gasteiger partial charge in [-0.3, -0.25) is 15.1 Å². The predicted octanol–water partition coefficient (Wildman–Crippen LogP) is 4.27. The van der Waals surface area contributed by atoms with Gasteiger partial charge in [0.15, 0.2) is 0 Å². The fourth-order valence-corrected chi connectivity index (χ4v) is 2.35. The van der Waals surface area contributed by atoms with Crippen LogP contribution in [0.5, 0.6) is 5.75 Å². The molecule has 23 heavy (non-hydrogen) atoms. The van der Waals surface area contributed by atoms with Crippen molar-refractivity contribution in [3.63, 3.8) is 0 Å². The van der Waals surface area contributed by atoms with E-state index in [1.165, 1.54) is 18.3 Å². The molecule has 0 fully saturated rings. The van der Waals surface area contributed by atoms with E-state index in [-0.39, 0.29) is 11.4 Å². The van der Waals surface area contributed by atoms with Crippen LogP contribution in [0.25, 0.3) is 0 Å². The Labute approximate surface area is 138 Å². The molecule has 0 unspecified atom stereocenters. The molecule has 0 saturated carbocycles. The minimum atomic E-state index is -2.89. The summed E-state index contributed by atoms with van der Waals surface area (Å²) in [4.78, 5) is 14.4. The number of nitro groups is 1. The van der Waals surface area contributed by atoms with E-state index in [1.54, 1.807) is 19.1 Å². The van der Waals surface area contributed by atoms with Crippen LogP contribution in [0.3, 0.4) is 0 Å². The Hall–Kier alpha value is -2.29. The molecule has 0 atom stereocenters. The van der Waals surface area contributed by atoms with Crippen LogP contribution in [0.15, 0.2) is 34.9 Å². The van der Waals surface area contributed by atoms with Gasteiger partial charge >= 0.3 is 6.61 Å². The number of hydrogen-bond donors (Lipinski definition) is 1. The van der Waals surface area contributed by atoms with Crippen molar-refractivity contribution < 1.29 is 18.4 Å². The molecule has 1 N–H and O–H groups in total. The third-order valence-corrected chi connectivity index (χ3v) is 3.62. The molecule has 1 aromatic heterocycles. The number of nitrogens with zero attached hydrogens (tertiary/aromatic N) is 2. The van der Waals surface area contributed by atoms with Crippen LogP contribution in [0.1, 0.15) is 11.3 Å². The van der Waals surface area contributed by atoms with E-state index < -0.39 is 11.5 Å². The number of ether oxygens (including phenoxy) is 1. The highest BCUT2D eigenvalue weighted by atomic mass is 79.9. The Morgan fingerprint density at radius 2 is 2.17 bits per heavy atom. The van der Waals surface area contributed by atoms with Gasteiger partial charge in [0.2, 0.25) is 0 Å². The smallest absolute Gasteiger partial charge is 0.387 e. The third-order valence-electron chi connectivity index (χ3n) is 2.97. The van der Waals surface area contributed by atoms with Gasteiger partial charge < -0.3 is 10.1 Å². The summed E-state index contributed by atoms with van der Waals surface area (Å²) in [6, 6.07) is 6.02. The average molecular weight is 388 g/mol. The molecule has 1 heterocycles. The molecule has 0 saturated heterocycles. The number of anilines is 1. The highest BCUT2D eigenvalue weighted by Gasteiger charge is 2.14. The zero-order valence-corrected chi connectivity index (χ0v) is 13.5. The maximum absolute atomic E-state index is 12.0. The largest absolute Gasteiger partial charge is 0.433 e. The highest BCUT2D eigenvalue weighted by Crippen LogP contribution is 2.30. The minimum Gasteiger partial charge on any atom is -0.433 e. The molecular formula is C14H12BrF2N3O3. The summed E-state index contributed by atoms with van der Waals surface area (Å²) >= 11 is 3.27. The van der Waals surface area contributed by atoms with E-state index in [0.717, 1.165) is 0 Å². The lowest BCUT2D eigenvalue weighted by Gasteiger charge is -2.10. The molecule has 2 aromatic rings. The summed E-state index contributed by atoms with van der Waals surface area (Å²) in [5.74, 6) is -0.0175. The monoisotopic (exact) mass is 387 g/mol. The van der Waals surface area contributed by atoms with Gasteiger partial charge in [-0.15, -0.1) is 0 Å². The number of benzene rings is 1. The molecule has 1 aromatic carbocycles. The predicted molar refractivity (Wildman–Crippen MR) is 83.7 cm³/mol. The second-order valence-corrected chi connectivity index (χ2v) is 5.45. The van der Waals surface area contributed by atoms with Gasteiger partial charge in [0.1, 0.15) is 5.75 Å². The van der Waals surface area contributed by atoms with Crippen molar-refractivity contribution in [2.75, 3.05) is 5.32 Å². The number of nitro benzene ring substituents is 1. The number of hydrogen-bond acceptors (Lipinski definition) is 5. The molecule has 2 rings (SSSR count). The first kappa shape index (κ1) is 17.1. The first-order valence-corrected chi connectivity index (χ1v) is 7.24. The van der Waals surface area contributed by atoms with E-state index in [4.69, 9.17) is 0 Å². The van der Waals surface area contributed by atoms with Gasteiger partial charge in [0.25, 0.3) is 5.69 Å². The highest BCUT2D eigenvalue weighted by molar-refractivity contribution is 9.10. The number of rotatable bonds is 6. The number of aryl methyl sites for hydroxylation is 1. The van der Waals surface area contributed by atoms with E-state index in [9.17, 15) is 18.9 Å². The van der Waals surface area contributed by atoms with Crippen LogP contribution in [0.4, 0.5) is 20.2 Å². The van der Waals surface area contributed by atoms with Gasteiger partial charge in [-0.2, -0.15) is 8.78 Å². The molecule has 0 spiro atoms. The zero-order chi connectivity index (χ0) is 17.0. The Kier molecular flexibility index (Phi) is 5.43. The summed E-state index contributed by atoms with van der Waals surface area (Å²) in [5, 5.41) is 13.9. The van der Waals surface area contributed by atoms with Crippen molar-refractivity contribution in [1.29, 1.82) is 0 Å². The second kappa shape index (κ2) is 7.32. The molecule has 122 valence electrons. The molecule has 9 heteroatoms. The quantitative estimate of drug-likeness (QED) is 0.591. The molecule has 0 aliphatic carbocycles. The van der Waals surface area contributed by atoms with Gasteiger partial charge in [-0.05, 0) is 41.1 Å². The van der Waals surface area contributed by atoms with E-state index in [1.807, 2.05) is 0 Å². The summed E-state index contributed by atoms with van der Waals surface area (Å²) in [5.41, 5.74) is 1.82. The zero-order valence-electron chi connectivity index (χ0n) is 11.9. The van der Waals surface area contributed by atoms with Crippen molar-refractivity contribution in [3.05, 3.63) is 56.3 Å². The van der Waals surface area contributed by atoms with Crippen molar-refractivity contribution in [2.24, 2.45) is 0 Å². The number of halogens is 3. The number of nitrogens with one attached hydrogen (secondary N) is 1. The lowest BCUT2D eigenvalue weighted by Crippen LogP contribution is -2.05. The van der Waals surface area contributed by atoms with Crippen LogP contribution in [-0.4, -0.2) is 16.5 Å². The number of alkyl halides is 2. The van der Waals surface area contributed by atoms with Gasteiger partial charge in [0.05, 0.1) is 23.4 Å². The minimum absolute atomic E-state index is 0.0175. The molecule has 0 bridgehead atoms. The first-order valence-electron chi connectivity index (χ1n) is 6.45. The number of aromatic nitrogens is 1. The Bertz CT molecular complexity index is 711. The first-order chi connectivity index (χ1) is 10.9. The summed E-state index contributed by atoms with van der Waals surface area (Å²) in [6.45, 7) is -0.922. The fourth-order valence-electron chi connectivity index (χ4n) is 1.88. The van der Waals surface area contributed by atoms with Gasteiger partial charge in [-0.25, -0.2) is 0 Å². The Morgan fingerprint density at radius 1 is 1.43 bits per heavy atom. The molecule has 0 aliphatic rings. The molecule has 0 aliphatic heterocycles. The maximum Gasteiger partial charge on any atom is 0.387 e. The van der Waals surface area contributed by atoms with E-state index >= 15 is 0 Å². The SMILES string of the molecule is Cc1cc(NCc2ccc(OC(F)F)cn2)c(Br)cc1[N+](=O)[O-]. The standard InChI is InChI=1S/C14H12BrF2N3O3/c1-8-4-12(11(15)5-13(8)20(21)22)19-6-9-2-3-10(7-18-9)23-14(16)17/h2-5,7,14,19H,6H2,1H3. The molecule has 0 radical (unpaired) electrons. The average Bonchev–Trinajstić information content (AvgIpc) is 2.48. The van der Waals surface area contributed by atoms with Crippen molar-refractivity contribution in [3.8, 4) is 5.75 Å². The van der Waals surface area contributed by atoms with Crippen molar-refractivity contribution in [1.82, 2.24) is 4.98 Å². The normalized spacial score (nSPS) is 10.7.